The first-order chi connectivity index (χ1) is 14.7. The summed E-state index contributed by atoms with van der Waals surface area (Å²) in [6.45, 7) is 4.03. The summed E-state index contributed by atoms with van der Waals surface area (Å²) in [7, 11) is 0. The third kappa shape index (κ3) is 4.84. The Hall–Kier alpha value is -3.24. The van der Waals surface area contributed by atoms with Crippen molar-refractivity contribution in [1.82, 2.24) is 5.32 Å². The zero-order chi connectivity index (χ0) is 20.8. The molecule has 2 N–H and O–H groups in total. The highest BCUT2D eigenvalue weighted by molar-refractivity contribution is 6.15. The van der Waals surface area contributed by atoms with Gasteiger partial charge < -0.3 is 10.2 Å². The van der Waals surface area contributed by atoms with Crippen molar-refractivity contribution in [2.24, 2.45) is 0 Å². The van der Waals surface area contributed by atoms with E-state index in [9.17, 15) is 9.59 Å². The molecule has 0 saturated carbocycles. The second-order valence-electron chi connectivity index (χ2n) is 7.87. The summed E-state index contributed by atoms with van der Waals surface area (Å²) >= 11 is 0. The number of quaternary nitrogens is 1. The molecule has 3 aromatic rings. The Kier molecular flexibility index (Phi) is 6.35. The molecular formula is C26H27N2O2+. The van der Waals surface area contributed by atoms with E-state index in [1.54, 1.807) is 41.3 Å². The van der Waals surface area contributed by atoms with Gasteiger partial charge in [-0.05, 0) is 11.6 Å². The molecule has 3 aromatic carbocycles. The summed E-state index contributed by atoms with van der Waals surface area (Å²) in [5.41, 5.74) is 3.79. The van der Waals surface area contributed by atoms with E-state index >= 15 is 0 Å². The van der Waals surface area contributed by atoms with E-state index in [-0.39, 0.29) is 11.7 Å². The van der Waals surface area contributed by atoms with Gasteiger partial charge in [0.25, 0.3) is 5.91 Å². The highest BCUT2D eigenvalue weighted by Gasteiger charge is 2.18. The molecule has 152 valence electrons. The number of amides is 1. The number of carbonyl (C=O) groups is 2. The van der Waals surface area contributed by atoms with Crippen LogP contribution in [0.1, 0.15) is 50.2 Å². The van der Waals surface area contributed by atoms with Crippen LogP contribution in [0.25, 0.3) is 0 Å². The molecule has 0 aromatic heterocycles. The highest BCUT2D eigenvalue weighted by atomic mass is 16.2. The fraction of sp³-hybridized carbons (Fsp3) is 0.231. The molecule has 1 aliphatic heterocycles. The van der Waals surface area contributed by atoms with Crippen molar-refractivity contribution in [3.63, 3.8) is 0 Å². The van der Waals surface area contributed by atoms with Gasteiger partial charge in [-0.25, -0.2) is 0 Å². The van der Waals surface area contributed by atoms with E-state index in [0.29, 0.717) is 23.2 Å². The smallest absolute Gasteiger partial charge is 0.252 e. The third-order valence-corrected chi connectivity index (χ3v) is 5.69. The van der Waals surface area contributed by atoms with E-state index < -0.39 is 0 Å². The summed E-state index contributed by atoms with van der Waals surface area (Å²) < 4.78 is 0. The minimum absolute atomic E-state index is 0.143. The van der Waals surface area contributed by atoms with Crippen LogP contribution in [0.15, 0.2) is 78.9 Å². The van der Waals surface area contributed by atoms with Crippen LogP contribution in [-0.4, -0.2) is 24.8 Å². The molecule has 0 aliphatic carbocycles. The predicted molar refractivity (Wildman–Crippen MR) is 118 cm³/mol. The van der Waals surface area contributed by atoms with Gasteiger partial charge in [0.1, 0.15) is 6.54 Å². The minimum Gasteiger partial charge on any atom is -0.348 e. The van der Waals surface area contributed by atoms with Crippen molar-refractivity contribution in [1.29, 1.82) is 0 Å². The zero-order valence-corrected chi connectivity index (χ0v) is 17.1. The highest BCUT2D eigenvalue weighted by Crippen LogP contribution is 2.15. The maximum atomic E-state index is 12.8. The Morgan fingerprint density at radius 3 is 2.03 bits per heavy atom. The summed E-state index contributed by atoms with van der Waals surface area (Å²) in [6, 6.07) is 24.5. The molecule has 1 aliphatic rings. The number of hydrogen-bond acceptors (Lipinski definition) is 2. The van der Waals surface area contributed by atoms with Crippen LogP contribution < -0.4 is 10.2 Å². The lowest BCUT2D eigenvalue weighted by Crippen LogP contribution is -3.08. The van der Waals surface area contributed by atoms with Gasteiger partial charge in [-0.1, -0.05) is 72.8 Å². The number of ketones is 1. The number of carbonyl (C=O) groups excluding carboxylic acids is 2. The monoisotopic (exact) mass is 399 g/mol. The maximum absolute atomic E-state index is 12.8. The molecule has 4 rings (SSSR count). The van der Waals surface area contributed by atoms with Gasteiger partial charge in [0.2, 0.25) is 0 Å². The van der Waals surface area contributed by atoms with Gasteiger partial charge in [0.05, 0.1) is 18.7 Å². The Morgan fingerprint density at radius 1 is 0.733 bits per heavy atom. The number of likely N-dealkylation sites (tertiary alicyclic amines) is 1. The summed E-state index contributed by atoms with van der Waals surface area (Å²) in [4.78, 5) is 27.3. The predicted octanol–water partition coefficient (Wildman–Crippen LogP) is 3.03. The van der Waals surface area contributed by atoms with Crippen LogP contribution in [0.3, 0.4) is 0 Å². The van der Waals surface area contributed by atoms with Crippen molar-refractivity contribution in [3.05, 3.63) is 107 Å². The SMILES string of the molecule is O=C(NCc1ccc(C[NH+]2CCCC2)cc1)c1ccccc1C(=O)c1ccccc1. The van der Waals surface area contributed by atoms with Gasteiger partial charge in [-0.15, -0.1) is 0 Å². The molecule has 1 heterocycles. The van der Waals surface area contributed by atoms with Gasteiger partial charge in [0, 0.05) is 36.1 Å². The van der Waals surface area contributed by atoms with Crippen molar-refractivity contribution in [3.8, 4) is 0 Å². The lowest BCUT2D eigenvalue weighted by atomic mass is 9.98. The average Bonchev–Trinajstić information content (AvgIpc) is 3.31. The molecule has 1 fully saturated rings. The van der Waals surface area contributed by atoms with E-state index in [1.807, 2.05) is 18.2 Å². The molecule has 30 heavy (non-hydrogen) atoms. The molecule has 4 nitrogen and oxygen atoms in total. The van der Waals surface area contributed by atoms with Crippen molar-refractivity contribution >= 4 is 11.7 Å². The lowest BCUT2D eigenvalue weighted by molar-refractivity contribution is -0.901. The normalized spacial score (nSPS) is 13.9. The Labute approximate surface area is 177 Å². The van der Waals surface area contributed by atoms with Gasteiger partial charge >= 0.3 is 0 Å². The summed E-state index contributed by atoms with van der Waals surface area (Å²) in [5, 5.41) is 2.96. The molecule has 0 spiro atoms. The average molecular weight is 400 g/mol. The van der Waals surface area contributed by atoms with Crippen molar-refractivity contribution in [2.75, 3.05) is 13.1 Å². The van der Waals surface area contributed by atoms with E-state index in [1.165, 1.54) is 31.5 Å². The fourth-order valence-electron chi connectivity index (χ4n) is 4.02. The second-order valence-corrected chi connectivity index (χ2v) is 7.87. The molecule has 0 radical (unpaired) electrons. The Bertz CT molecular complexity index is 1010. The fourth-order valence-corrected chi connectivity index (χ4v) is 4.02. The first kappa shape index (κ1) is 20.0. The van der Waals surface area contributed by atoms with E-state index in [0.717, 1.165) is 12.1 Å². The third-order valence-electron chi connectivity index (χ3n) is 5.69. The minimum atomic E-state index is -0.236. The van der Waals surface area contributed by atoms with Crippen molar-refractivity contribution in [2.45, 2.75) is 25.9 Å². The molecule has 1 amide bonds. The maximum Gasteiger partial charge on any atom is 0.252 e. The lowest BCUT2D eigenvalue weighted by Gasteiger charge is -2.13. The Balaban J connectivity index is 1.40. The number of hydrogen-bond donors (Lipinski definition) is 2. The topological polar surface area (TPSA) is 50.6 Å². The van der Waals surface area contributed by atoms with Gasteiger partial charge in [0.15, 0.2) is 5.78 Å². The zero-order valence-electron chi connectivity index (χ0n) is 17.1. The first-order valence-corrected chi connectivity index (χ1v) is 10.6. The number of benzene rings is 3. The quantitative estimate of drug-likeness (QED) is 0.600. The number of nitrogens with one attached hydrogen (secondary N) is 2. The Morgan fingerprint density at radius 2 is 1.33 bits per heavy atom. The van der Waals surface area contributed by atoms with E-state index in [2.05, 4.69) is 29.6 Å². The summed E-state index contributed by atoms with van der Waals surface area (Å²) in [5.74, 6) is -0.379. The molecule has 4 heteroatoms. The van der Waals surface area contributed by atoms with Crippen molar-refractivity contribution < 1.29 is 14.5 Å². The molecule has 0 unspecified atom stereocenters. The van der Waals surface area contributed by atoms with Crippen LogP contribution in [0.4, 0.5) is 0 Å². The van der Waals surface area contributed by atoms with Crippen LogP contribution in [-0.2, 0) is 13.1 Å². The first-order valence-electron chi connectivity index (χ1n) is 10.6. The van der Waals surface area contributed by atoms with Crippen LogP contribution in [0.5, 0.6) is 0 Å². The molecule has 0 bridgehead atoms. The van der Waals surface area contributed by atoms with Gasteiger partial charge in [-0.2, -0.15) is 0 Å². The number of rotatable bonds is 7. The second kappa shape index (κ2) is 9.51. The summed E-state index contributed by atoms with van der Waals surface area (Å²) in [6.07, 6.45) is 2.65. The van der Waals surface area contributed by atoms with Crippen LogP contribution in [0.2, 0.25) is 0 Å². The van der Waals surface area contributed by atoms with Crippen LogP contribution in [0, 0.1) is 0 Å². The van der Waals surface area contributed by atoms with E-state index in [4.69, 9.17) is 0 Å². The largest absolute Gasteiger partial charge is 0.348 e. The van der Waals surface area contributed by atoms with Crippen LogP contribution >= 0.6 is 0 Å². The standard InChI is InChI=1S/C26H26N2O2/c29-25(22-8-2-1-3-9-22)23-10-4-5-11-24(23)26(30)27-18-20-12-14-21(15-13-20)19-28-16-6-7-17-28/h1-5,8-15H,6-7,16-19H2,(H,27,30)/p+1. The molecule has 0 atom stereocenters. The van der Waals surface area contributed by atoms with Gasteiger partial charge in [-0.3, -0.25) is 9.59 Å². The molecule has 1 saturated heterocycles. The molecular weight excluding hydrogens is 372 g/mol.